The number of benzene rings is 1. The molecule has 0 radical (unpaired) electrons. The highest BCUT2D eigenvalue weighted by Gasteiger charge is 2.55. The van der Waals surface area contributed by atoms with E-state index in [9.17, 15) is 4.79 Å². The summed E-state index contributed by atoms with van der Waals surface area (Å²) < 4.78 is 0. The first-order chi connectivity index (χ1) is 8.72. The molecular formula is C17H18O. The van der Waals surface area contributed by atoms with Gasteiger partial charge in [-0.25, -0.2) is 0 Å². The zero-order valence-electron chi connectivity index (χ0n) is 10.8. The minimum atomic E-state index is -0.136. The van der Waals surface area contributed by atoms with Crippen LogP contribution in [0.2, 0.25) is 0 Å². The summed E-state index contributed by atoms with van der Waals surface area (Å²) >= 11 is 0. The highest BCUT2D eigenvalue weighted by atomic mass is 16.1. The molecule has 3 aliphatic carbocycles. The number of carbonyl (C=O) groups excluding carboxylic acids is 1. The molecule has 0 heterocycles. The van der Waals surface area contributed by atoms with Crippen molar-refractivity contribution in [1.82, 2.24) is 0 Å². The normalized spacial score (nSPS) is 32.8. The Labute approximate surface area is 108 Å². The van der Waals surface area contributed by atoms with Gasteiger partial charge in [-0.05, 0) is 55.2 Å². The van der Waals surface area contributed by atoms with Crippen LogP contribution in [0.1, 0.15) is 42.4 Å². The van der Waals surface area contributed by atoms with Crippen molar-refractivity contribution in [3.05, 3.63) is 46.5 Å². The van der Waals surface area contributed by atoms with E-state index in [-0.39, 0.29) is 5.41 Å². The Morgan fingerprint density at radius 2 is 2.17 bits per heavy atom. The molecule has 2 bridgehead atoms. The van der Waals surface area contributed by atoms with E-state index < -0.39 is 0 Å². The fraction of sp³-hybridized carbons (Fsp3) is 0.471. The quantitative estimate of drug-likeness (QED) is 0.632. The van der Waals surface area contributed by atoms with Gasteiger partial charge in [-0.1, -0.05) is 29.8 Å². The second-order valence-electron chi connectivity index (χ2n) is 6.18. The first-order valence-corrected chi connectivity index (χ1v) is 7.02. The molecule has 0 aliphatic heterocycles. The molecule has 1 spiro atoms. The summed E-state index contributed by atoms with van der Waals surface area (Å²) in [5, 5.41) is 0. The molecule has 0 saturated heterocycles. The van der Waals surface area contributed by atoms with E-state index in [1.165, 1.54) is 28.7 Å². The molecule has 18 heavy (non-hydrogen) atoms. The summed E-state index contributed by atoms with van der Waals surface area (Å²) in [4.78, 5) is 12.7. The van der Waals surface area contributed by atoms with Crippen LogP contribution in [0.25, 0.3) is 0 Å². The Morgan fingerprint density at radius 1 is 1.28 bits per heavy atom. The van der Waals surface area contributed by atoms with Gasteiger partial charge in [0, 0.05) is 6.42 Å². The number of hydrogen-bond donors (Lipinski definition) is 0. The fourth-order valence-electron chi connectivity index (χ4n) is 4.62. The van der Waals surface area contributed by atoms with Crippen molar-refractivity contribution in [3.8, 4) is 0 Å². The molecule has 0 aromatic heterocycles. The second kappa shape index (κ2) is 3.34. The summed E-state index contributed by atoms with van der Waals surface area (Å²) in [5.41, 5.74) is 5.55. The lowest BCUT2D eigenvalue weighted by molar-refractivity contribution is -0.126. The van der Waals surface area contributed by atoms with Crippen LogP contribution in [-0.2, 0) is 16.6 Å². The van der Waals surface area contributed by atoms with Crippen molar-refractivity contribution >= 4 is 5.78 Å². The highest BCUT2D eigenvalue weighted by molar-refractivity contribution is 5.94. The molecule has 1 heteroatoms. The average molecular weight is 238 g/mol. The van der Waals surface area contributed by atoms with E-state index in [4.69, 9.17) is 0 Å². The van der Waals surface area contributed by atoms with Crippen molar-refractivity contribution in [2.75, 3.05) is 0 Å². The molecular weight excluding hydrogens is 220 g/mol. The van der Waals surface area contributed by atoms with Crippen LogP contribution in [-0.4, -0.2) is 5.78 Å². The van der Waals surface area contributed by atoms with Crippen LogP contribution < -0.4 is 0 Å². The van der Waals surface area contributed by atoms with Crippen LogP contribution in [0.15, 0.2) is 29.8 Å². The van der Waals surface area contributed by atoms with Gasteiger partial charge in [0.15, 0.2) is 0 Å². The summed E-state index contributed by atoms with van der Waals surface area (Å²) in [5.74, 6) is 1.07. The first-order valence-electron chi connectivity index (χ1n) is 7.02. The second-order valence-corrected chi connectivity index (χ2v) is 6.18. The number of ketones is 1. The molecule has 1 aromatic carbocycles. The number of aryl methyl sites for hydroxylation is 2. The number of Topliss-reactive ketones (excluding diaryl/α,β-unsaturated/α-hetero) is 1. The molecule has 0 amide bonds. The van der Waals surface area contributed by atoms with E-state index >= 15 is 0 Å². The standard InChI is InChI=1S/C17H18O/c1-11-3-2-4-13-6-8-15(18)17(16(11)13)10-12-5-7-14(17)9-12/h2-5,14H,6-10H2,1H3. The number of carbonyl (C=O) groups is 1. The largest absolute Gasteiger partial charge is 0.299 e. The summed E-state index contributed by atoms with van der Waals surface area (Å²) in [7, 11) is 0. The molecule has 1 saturated carbocycles. The SMILES string of the molecule is Cc1cccc2c1C1(CC3=CCC1C3)C(=O)CC2. The van der Waals surface area contributed by atoms with Gasteiger partial charge in [-0.2, -0.15) is 0 Å². The molecule has 1 nitrogen and oxygen atoms in total. The Balaban J connectivity index is 2.00. The van der Waals surface area contributed by atoms with Gasteiger partial charge < -0.3 is 0 Å². The number of hydrogen-bond acceptors (Lipinski definition) is 1. The lowest BCUT2D eigenvalue weighted by atomic mass is 9.61. The fourth-order valence-corrected chi connectivity index (χ4v) is 4.62. The minimum Gasteiger partial charge on any atom is -0.299 e. The van der Waals surface area contributed by atoms with Crippen molar-refractivity contribution in [1.29, 1.82) is 0 Å². The zero-order valence-corrected chi connectivity index (χ0v) is 10.8. The van der Waals surface area contributed by atoms with Crippen molar-refractivity contribution in [3.63, 3.8) is 0 Å². The monoisotopic (exact) mass is 238 g/mol. The number of fused-ring (bicyclic) bond motifs is 5. The van der Waals surface area contributed by atoms with Crippen molar-refractivity contribution in [2.45, 2.75) is 44.4 Å². The van der Waals surface area contributed by atoms with Crippen molar-refractivity contribution < 1.29 is 4.79 Å². The Kier molecular flexibility index (Phi) is 1.96. The zero-order chi connectivity index (χ0) is 12.3. The van der Waals surface area contributed by atoms with E-state index in [1.54, 1.807) is 0 Å². The molecule has 92 valence electrons. The predicted molar refractivity (Wildman–Crippen MR) is 71.6 cm³/mol. The Hall–Kier alpha value is -1.37. The van der Waals surface area contributed by atoms with Crippen LogP contribution in [0, 0.1) is 12.8 Å². The van der Waals surface area contributed by atoms with Gasteiger partial charge in [0.25, 0.3) is 0 Å². The topological polar surface area (TPSA) is 17.1 Å². The predicted octanol–water partition coefficient (Wildman–Crippen LogP) is 3.49. The molecule has 2 unspecified atom stereocenters. The smallest absolute Gasteiger partial charge is 0.144 e. The van der Waals surface area contributed by atoms with E-state index in [2.05, 4.69) is 31.2 Å². The molecule has 4 rings (SSSR count). The minimum absolute atomic E-state index is 0.136. The summed E-state index contributed by atoms with van der Waals surface area (Å²) in [6.07, 6.45) is 7.36. The molecule has 2 atom stereocenters. The third-order valence-electron chi connectivity index (χ3n) is 5.33. The third-order valence-corrected chi connectivity index (χ3v) is 5.33. The number of allylic oxidation sites excluding steroid dienone is 2. The lowest BCUT2D eigenvalue weighted by Gasteiger charge is -2.41. The lowest BCUT2D eigenvalue weighted by Crippen LogP contribution is -2.44. The maximum absolute atomic E-state index is 12.7. The first kappa shape index (κ1) is 10.5. The molecule has 1 fully saturated rings. The van der Waals surface area contributed by atoms with E-state index in [0.29, 0.717) is 11.7 Å². The Morgan fingerprint density at radius 3 is 2.89 bits per heavy atom. The van der Waals surface area contributed by atoms with Crippen LogP contribution in [0.3, 0.4) is 0 Å². The third kappa shape index (κ3) is 1.10. The van der Waals surface area contributed by atoms with Gasteiger partial charge in [0.2, 0.25) is 0 Å². The van der Waals surface area contributed by atoms with Gasteiger partial charge in [-0.15, -0.1) is 0 Å². The highest BCUT2D eigenvalue weighted by Crippen LogP contribution is 2.57. The summed E-state index contributed by atoms with van der Waals surface area (Å²) in [6, 6.07) is 6.56. The van der Waals surface area contributed by atoms with E-state index in [1.807, 2.05) is 0 Å². The van der Waals surface area contributed by atoms with E-state index in [0.717, 1.165) is 25.7 Å². The molecule has 3 aliphatic rings. The van der Waals surface area contributed by atoms with Crippen LogP contribution >= 0.6 is 0 Å². The molecule has 1 aromatic rings. The van der Waals surface area contributed by atoms with Crippen LogP contribution in [0.4, 0.5) is 0 Å². The Bertz CT molecular complexity index is 581. The summed E-state index contributed by atoms with van der Waals surface area (Å²) in [6.45, 7) is 2.18. The van der Waals surface area contributed by atoms with Gasteiger partial charge >= 0.3 is 0 Å². The average Bonchev–Trinajstić information content (AvgIpc) is 2.95. The molecule has 0 N–H and O–H groups in total. The van der Waals surface area contributed by atoms with Gasteiger partial charge in [0.1, 0.15) is 5.78 Å². The maximum Gasteiger partial charge on any atom is 0.144 e. The van der Waals surface area contributed by atoms with Gasteiger partial charge in [-0.3, -0.25) is 4.79 Å². The van der Waals surface area contributed by atoms with Crippen molar-refractivity contribution in [2.24, 2.45) is 5.92 Å². The van der Waals surface area contributed by atoms with Crippen LogP contribution in [0.5, 0.6) is 0 Å². The maximum atomic E-state index is 12.7. The number of rotatable bonds is 0. The van der Waals surface area contributed by atoms with Gasteiger partial charge in [0.05, 0.1) is 5.41 Å².